The fourth-order valence-electron chi connectivity index (χ4n) is 3.13. The van der Waals surface area contributed by atoms with Crippen LogP contribution in [0.15, 0.2) is 101 Å². The highest BCUT2D eigenvalue weighted by Crippen LogP contribution is 2.20. The summed E-state index contributed by atoms with van der Waals surface area (Å²) in [7, 11) is -3.96. The molecule has 0 radical (unpaired) electrons. The van der Waals surface area contributed by atoms with Crippen LogP contribution in [0.2, 0.25) is 0 Å². The molecule has 7 nitrogen and oxygen atoms in total. The summed E-state index contributed by atoms with van der Waals surface area (Å²) >= 11 is 0. The van der Waals surface area contributed by atoms with Crippen LogP contribution in [0, 0.1) is 0 Å². The van der Waals surface area contributed by atoms with Crippen LogP contribution >= 0.6 is 0 Å². The van der Waals surface area contributed by atoms with Gasteiger partial charge in [-0.2, -0.15) is 4.31 Å². The molecule has 0 saturated heterocycles. The third-order valence-corrected chi connectivity index (χ3v) is 6.53. The van der Waals surface area contributed by atoms with E-state index in [1.165, 1.54) is 22.6 Å². The normalized spacial score (nSPS) is 11.3. The van der Waals surface area contributed by atoms with Crippen molar-refractivity contribution in [1.29, 1.82) is 0 Å². The van der Waals surface area contributed by atoms with Crippen LogP contribution < -0.4 is 10.9 Å². The van der Waals surface area contributed by atoms with Gasteiger partial charge in [0, 0.05) is 31.9 Å². The van der Waals surface area contributed by atoms with Crippen molar-refractivity contribution in [2.45, 2.75) is 24.5 Å². The van der Waals surface area contributed by atoms with E-state index in [2.05, 4.69) is 11.9 Å². The van der Waals surface area contributed by atoms with Crippen molar-refractivity contribution >= 4 is 15.9 Å². The molecule has 166 valence electrons. The molecule has 0 saturated carbocycles. The summed E-state index contributed by atoms with van der Waals surface area (Å²) in [5, 5.41) is 2.58. The van der Waals surface area contributed by atoms with Crippen LogP contribution in [-0.2, 0) is 34.5 Å². The third-order valence-electron chi connectivity index (χ3n) is 4.76. The van der Waals surface area contributed by atoms with Gasteiger partial charge < -0.3 is 9.88 Å². The second kappa shape index (κ2) is 10.7. The summed E-state index contributed by atoms with van der Waals surface area (Å²) in [4.78, 5) is 24.2. The standard InChI is InChI=1S/C24H25N3O4S/c1-2-15-25-23(28)19-26-18-22(13-14-24(26)29)32(30,31)27(16-20-9-5-3-6-10-20)17-21-11-7-4-8-12-21/h2-14,18H,1,15-17,19H2,(H,25,28). The van der Waals surface area contributed by atoms with Gasteiger partial charge in [0.15, 0.2) is 0 Å². The number of nitrogens with one attached hydrogen (secondary N) is 1. The molecule has 0 spiro atoms. The SMILES string of the molecule is C=CCNC(=O)Cn1cc(S(=O)(=O)N(Cc2ccccc2)Cc2ccccc2)ccc1=O. The molecule has 2 aromatic carbocycles. The van der Waals surface area contributed by atoms with Crippen molar-refractivity contribution < 1.29 is 13.2 Å². The second-order valence-corrected chi connectivity index (χ2v) is 9.11. The monoisotopic (exact) mass is 451 g/mol. The minimum absolute atomic E-state index is 0.0551. The van der Waals surface area contributed by atoms with E-state index in [1.54, 1.807) is 0 Å². The molecule has 8 heteroatoms. The second-order valence-electron chi connectivity index (χ2n) is 7.17. The maximum Gasteiger partial charge on any atom is 0.251 e. The number of rotatable bonds is 10. The summed E-state index contributed by atoms with van der Waals surface area (Å²) in [6.45, 7) is 3.82. The third kappa shape index (κ3) is 6.03. The number of carbonyl (C=O) groups is 1. The van der Waals surface area contributed by atoms with Crippen molar-refractivity contribution in [1.82, 2.24) is 14.2 Å². The van der Waals surface area contributed by atoms with Crippen LogP contribution in [0.5, 0.6) is 0 Å². The Morgan fingerprint density at radius 2 is 1.50 bits per heavy atom. The van der Waals surface area contributed by atoms with E-state index in [1.807, 2.05) is 60.7 Å². The molecule has 3 rings (SSSR count). The fraction of sp³-hybridized carbons (Fsp3) is 0.167. The Kier molecular flexibility index (Phi) is 7.75. The van der Waals surface area contributed by atoms with Crippen LogP contribution in [0.4, 0.5) is 0 Å². The minimum atomic E-state index is -3.96. The zero-order chi connectivity index (χ0) is 23.0. The molecular formula is C24H25N3O4S. The summed E-state index contributed by atoms with van der Waals surface area (Å²) < 4.78 is 29.6. The highest BCUT2D eigenvalue weighted by atomic mass is 32.2. The Balaban J connectivity index is 1.94. The van der Waals surface area contributed by atoms with Crippen molar-refractivity contribution in [3.05, 3.63) is 113 Å². The molecule has 0 aliphatic rings. The number of hydrogen-bond donors (Lipinski definition) is 1. The van der Waals surface area contributed by atoms with Gasteiger partial charge in [-0.15, -0.1) is 6.58 Å². The van der Waals surface area contributed by atoms with Crippen molar-refractivity contribution in [3.63, 3.8) is 0 Å². The van der Waals surface area contributed by atoms with Crippen molar-refractivity contribution in [2.75, 3.05) is 6.54 Å². The zero-order valence-electron chi connectivity index (χ0n) is 17.6. The molecule has 32 heavy (non-hydrogen) atoms. The molecule has 1 aromatic heterocycles. The van der Waals surface area contributed by atoms with E-state index in [-0.39, 0.29) is 31.1 Å². The van der Waals surface area contributed by atoms with Gasteiger partial charge in [-0.1, -0.05) is 66.7 Å². The van der Waals surface area contributed by atoms with E-state index < -0.39 is 21.5 Å². The van der Waals surface area contributed by atoms with Gasteiger partial charge in [0.05, 0.1) is 4.90 Å². The predicted molar refractivity (Wildman–Crippen MR) is 123 cm³/mol. The number of pyridine rings is 1. The van der Waals surface area contributed by atoms with Gasteiger partial charge in [-0.05, 0) is 17.2 Å². The quantitative estimate of drug-likeness (QED) is 0.480. The molecule has 1 amide bonds. The first-order chi connectivity index (χ1) is 15.4. The maximum absolute atomic E-state index is 13.6. The highest BCUT2D eigenvalue weighted by Gasteiger charge is 2.26. The smallest absolute Gasteiger partial charge is 0.251 e. The summed E-state index contributed by atoms with van der Waals surface area (Å²) in [5.41, 5.74) is 1.21. The number of hydrogen-bond acceptors (Lipinski definition) is 4. The van der Waals surface area contributed by atoms with E-state index in [0.717, 1.165) is 21.8 Å². The molecular weight excluding hydrogens is 426 g/mol. The van der Waals surface area contributed by atoms with E-state index in [9.17, 15) is 18.0 Å². The van der Waals surface area contributed by atoms with Crippen molar-refractivity contribution in [2.24, 2.45) is 0 Å². The average Bonchev–Trinajstić information content (AvgIpc) is 2.80. The zero-order valence-corrected chi connectivity index (χ0v) is 18.4. The molecule has 0 bridgehead atoms. The van der Waals surface area contributed by atoms with Gasteiger partial charge in [0.1, 0.15) is 6.54 Å². The van der Waals surface area contributed by atoms with Crippen molar-refractivity contribution in [3.8, 4) is 0 Å². The number of carbonyl (C=O) groups excluding carboxylic acids is 1. The Hall–Kier alpha value is -3.49. The topological polar surface area (TPSA) is 88.5 Å². The minimum Gasteiger partial charge on any atom is -0.351 e. The summed E-state index contributed by atoms with van der Waals surface area (Å²) in [5.74, 6) is -0.410. The number of aromatic nitrogens is 1. The molecule has 1 heterocycles. The molecule has 1 N–H and O–H groups in total. The maximum atomic E-state index is 13.6. The number of nitrogens with zero attached hydrogens (tertiary/aromatic N) is 2. The van der Waals surface area contributed by atoms with Crippen LogP contribution in [0.25, 0.3) is 0 Å². The summed E-state index contributed by atoms with van der Waals surface area (Å²) in [6, 6.07) is 21.0. The average molecular weight is 452 g/mol. The molecule has 0 atom stereocenters. The Labute approximate surface area is 187 Å². The highest BCUT2D eigenvalue weighted by molar-refractivity contribution is 7.89. The van der Waals surface area contributed by atoms with Crippen LogP contribution in [0.1, 0.15) is 11.1 Å². The Morgan fingerprint density at radius 3 is 2.03 bits per heavy atom. The molecule has 0 fully saturated rings. The Morgan fingerprint density at radius 1 is 0.938 bits per heavy atom. The first kappa shape index (κ1) is 23.2. The molecule has 0 aliphatic carbocycles. The number of amides is 1. The van der Waals surface area contributed by atoms with Crippen LogP contribution in [0.3, 0.4) is 0 Å². The number of benzene rings is 2. The lowest BCUT2D eigenvalue weighted by atomic mass is 10.2. The first-order valence-electron chi connectivity index (χ1n) is 10.1. The number of sulfonamides is 1. The lowest BCUT2D eigenvalue weighted by Gasteiger charge is -2.23. The largest absolute Gasteiger partial charge is 0.351 e. The first-order valence-corrected chi connectivity index (χ1v) is 11.5. The van der Waals surface area contributed by atoms with Gasteiger partial charge in [0.2, 0.25) is 15.9 Å². The van der Waals surface area contributed by atoms with E-state index in [4.69, 9.17) is 0 Å². The Bertz CT molecular complexity index is 1180. The van der Waals surface area contributed by atoms with E-state index in [0.29, 0.717) is 0 Å². The molecule has 0 aliphatic heterocycles. The van der Waals surface area contributed by atoms with Gasteiger partial charge in [0.25, 0.3) is 5.56 Å². The van der Waals surface area contributed by atoms with Gasteiger partial charge in [-0.25, -0.2) is 8.42 Å². The molecule has 0 unspecified atom stereocenters. The predicted octanol–water partition coefficient (Wildman–Crippen LogP) is 2.54. The van der Waals surface area contributed by atoms with E-state index >= 15 is 0 Å². The van der Waals surface area contributed by atoms with Gasteiger partial charge in [-0.3, -0.25) is 9.59 Å². The lowest BCUT2D eigenvalue weighted by Crippen LogP contribution is -2.34. The molecule has 3 aromatic rings. The lowest BCUT2D eigenvalue weighted by molar-refractivity contribution is -0.121. The fourth-order valence-corrected chi connectivity index (χ4v) is 4.57. The van der Waals surface area contributed by atoms with Gasteiger partial charge >= 0.3 is 0 Å². The van der Waals surface area contributed by atoms with Crippen LogP contribution in [-0.4, -0.2) is 29.7 Å². The summed E-state index contributed by atoms with van der Waals surface area (Å²) in [6.07, 6.45) is 2.74.